The first kappa shape index (κ1) is 23.6. The second kappa shape index (κ2) is 10.2. The van der Waals surface area contributed by atoms with E-state index >= 15 is 0 Å². The molecular weight excluding hydrogens is 436 g/mol. The van der Waals surface area contributed by atoms with Gasteiger partial charge < -0.3 is 14.4 Å². The van der Waals surface area contributed by atoms with Crippen molar-refractivity contribution in [1.82, 2.24) is 4.57 Å². The number of aromatic nitrogens is 1. The van der Waals surface area contributed by atoms with Gasteiger partial charge in [0.05, 0.1) is 18.2 Å². The number of ether oxygens (including phenoxy) is 1. The number of halogens is 2. The maximum absolute atomic E-state index is 14.7. The van der Waals surface area contributed by atoms with Crippen LogP contribution < -0.4 is 0 Å². The third-order valence-corrected chi connectivity index (χ3v) is 5.90. The third kappa shape index (κ3) is 5.18. The van der Waals surface area contributed by atoms with Crippen LogP contribution in [0, 0.1) is 11.6 Å². The highest BCUT2D eigenvalue weighted by Gasteiger charge is 2.18. The summed E-state index contributed by atoms with van der Waals surface area (Å²) in [5.41, 5.74) is 2.63. The maximum atomic E-state index is 14.7. The van der Waals surface area contributed by atoms with Crippen molar-refractivity contribution in [2.75, 3.05) is 6.61 Å². The molecule has 1 heterocycles. The van der Waals surface area contributed by atoms with Crippen LogP contribution in [0.2, 0.25) is 0 Å². The quantitative estimate of drug-likeness (QED) is 0.334. The molecule has 0 saturated carbocycles. The standard InChI is InChI=1S/C28H27F2NO3/c1-18(2)20-13-25(29)24(26(30)14-20)16-31-15-21(23-10-6-7-11-27(23)31)12-22(32)17-34-28(33)19-8-4-3-5-9-19/h3-11,13-15,18,22,32H,12,16-17H2,1-2H3/t22-/m0/s1. The molecule has 4 aromatic rings. The van der Waals surface area contributed by atoms with Crippen LogP contribution in [0.5, 0.6) is 0 Å². The molecule has 0 spiro atoms. The van der Waals surface area contributed by atoms with E-state index in [9.17, 15) is 18.7 Å². The molecule has 0 saturated heterocycles. The van der Waals surface area contributed by atoms with E-state index in [0.29, 0.717) is 11.1 Å². The Balaban J connectivity index is 1.53. The normalized spacial score (nSPS) is 12.3. The fourth-order valence-corrected chi connectivity index (χ4v) is 4.04. The number of benzene rings is 3. The average Bonchev–Trinajstić information content (AvgIpc) is 3.17. The van der Waals surface area contributed by atoms with Crippen molar-refractivity contribution in [3.63, 3.8) is 0 Å². The van der Waals surface area contributed by atoms with E-state index in [0.717, 1.165) is 16.5 Å². The summed E-state index contributed by atoms with van der Waals surface area (Å²) in [5, 5.41) is 11.4. The van der Waals surface area contributed by atoms with E-state index in [1.807, 2.05) is 38.1 Å². The highest BCUT2D eigenvalue weighted by molar-refractivity contribution is 5.89. The second-order valence-corrected chi connectivity index (χ2v) is 8.74. The lowest BCUT2D eigenvalue weighted by Gasteiger charge is -2.12. The Hall–Kier alpha value is -3.51. The van der Waals surface area contributed by atoms with Gasteiger partial charge in [-0.25, -0.2) is 13.6 Å². The number of hydrogen-bond acceptors (Lipinski definition) is 3. The first-order valence-corrected chi connectivity index (χ1v) is 11.3. The van der Waals surface area contributed by atoms with Crippen LogP contribution in [-0.4, -0.2) is 28.4 Å². The van der Waals surface area contributed by atoms with Gasteiger partial charge in [0.1, 0.15) is 18.2 Å². The summed E-state index contributed by atoms with van der Waals surface area (Å²) in [6.07, 6.45) is 1.10. The number of fused-ring (bicyclic) bond motifs is 1. The van der Waals surface area contributed by atoms with Crippen molar-refractivity contribution in [2.24, 2.45) is 0 Å². The Labute approximate surface area is 197 Å². The molecule has 1 N–H and O–H groups in total. The molecule has 0 amide bonds. The van der Waals surface area contributed by atoms with Gasteiger partial charge in [-0.1, -0.05) is 50.2 Å². The summed E-state index contributed by atoms with van der Waals surface area (Å²) in [4.78, 5) is 12.1. The molecule has 0 fully saturated rings. The minimum absolute atomic E-state index is 0.00552. The lowest BCUT2D eigenvalue weighted by molar-refractivity contribution is 0.0259. The van der Waals surface area contributed by atoms with E-state index in [4.69, 9.17) is 4.74 Å². The van der Waals surface area contributed by atoms with Gasteiger partial charge in [0.2, 0.25) is 0 Å². The summed E-state index contributed by atoms with van der Waals surface area (Å²) in [6.45, 7) is 3.65. The zero-order valence-electron chi connectivity index (χ0n) is 19.2. The molecule has 34 heavy (non-hydrogen) atoms. The number of aliphatic hydroxyl groups excluding tert-OH is 1. The first-order valence-electron chi connectivity index (χ1n) is 11.3. The number of nitrogens with zero attached hydrogens (tertiary/aromatic N) is 1. The molecule has 0 aliphatic carbocycles. The van der Waals surface area contributed by atoms with Crippen LogP contribution in [0.4, 0.5) is 8.78 Å². The number of carbonyl (C=O) groups excluding carboxylic acids is 1. The Morgan fingerprint density at radius 2 is 1.65 bits per heavy atom. The van der Waals surface area contributed by atoms with Crippen molar-refractivity contribution < 1.29 is 23.4 Å². The Morgan fingerprint density at radius 1 is 1.00 bits per heavy atom. The van der Waals surface area contributed by atoms with Crippen molar-refractivity contribution in [2.45, 2.75) is 38.8 Å². The lowest BCUT2D eigenvalue weighted by Crippen LogP contribution is -2.21. The molecule has 3 aromatic carbocycles. The summed E-state index contributed by atoms with van der Waals surface area (Å²) < 4.78 is 36.5. The molecule has 1 atom stereocenters. The second-order valence-electron chi connectivity index (χ2n) is 8.74. The number of aliphatic hydroxyl groups is 1. The zero-order chi connectivity index (χ0) is 24.2. The molecular formula is C28H27F2NO3. The first-order chi connectivity index (χ1) is 16.3. The van der Waals surface area contributed by atoms with Crippen LogP contribution in [0.25, 0.3) is 10.9 Å². The van der Waals surface area contributed by atoms with Crippen LogP contribution in [0.1, 0.15) is 46.8 Å². The molecule has 0 radical (unpaired) electrons. The van der Waals surface area contributed by atoms with E-state index in [2.05, 4.69) is 0 Å². The number of hydrogen-bond donors (Lipinski definition) is 1. The van der Waals surface area contributed by atoms with Crippen molar-refractivity contribution in [3.05, 3.63) is 107 Å². The van der Waals surface area contributed by atoms with E-state index in [1.54, 1.807) is 41.1 Å². The van der Waals surface area contributed by atoms with E-state index in [-0.39, 0.29) is 31.1 Å². The summed E-state index contributed by atoms with van der Waals surface area (Å²) in [5.74, 6) is -1.63. The zero-order valence-corrected chi connectivity index (χ0v) is 19.2. The number of esters is 1. The Morgan fingerprint density at radius 3 is 2.32 bits per heavy atom. The minimum Gasteiger partial charge on any atom is -0.459 e. The number of rotatable bonds is 8. The van der Waals surface area contributed by atoms with Crippen LogP contribution in [-0.2, 0) is 17.7 Å². The molecule has 4 nitrogen and oxygen atoms in total. The van der Waals surface area contributed by atoms with Crippen molar-refractivity contribution in [3.8, 4) is 0 Å². The van der Waals surface area contributed by atoms with Gasteiger partial charge in [-0.2, -0.15) is 0 Å². The van der Waals surface area contributed by atoms with Gasteiger partial charge in [0.15, 0.2) is 0 Å². The summed E-state index contributed by atoms with van der Waals surface area (Å²) >= 11 is 0. The summed E-state index contributed by atoms with van der Waals surface area (Å²) in [6, 6.07) is 18.9. The molecule has 6 heteroatoms. The lowest BCUT2D eigenvalue weighted by atomic mass is 10.0. The van der Waals surface area contributed by atoms with E-state index < -0.39 is 23.7 Å². The Kier molecular flexibility index (Phi) is 7.08. The number of carbonyl (C=O) groups is 1. The number of para-hydroxylation sites is 1. The van der Waals surface area contributed by atoms with Gasteiger partial charge in [0.25, 0.3) is 0 Å². The molecule has 4 rings (SSSR count). The molecule has 0 bridgehead atoms. The van der Waals surface area contributed by atoms with Crippen molar-refractivity contribution >= 4 is 16.9 Å². The van der Waals surface area contributed by atoms with Crippen molar-refractivity contribution in [1.29, 1.82) is 0 Å². The fourth-order valence-electron chi connectivity index (χ4n) is 4.04. The predicted octanol–water partition coefficient (Wildman–Crippen LogP) is 5.85. The maximum Gasteiger partial charge on any atom is 0.338 e. The van der Waals surface area contributed by atoms with Gasteiger partial charge in [0, 0.05) is 29.1 Å². The largest absolute Gasteiger partial charge is 0.459 e. The third-order valence-electron chi connectivity index (χ3n) is 5.90. The average molecular weight is 464 g/mol. The molecule has 176 valence electrons. The van der Waals surface area contributed by atoms with Crippen LogP contribution in [0.3, 0.4) is 0 Å². The minimum atomic E-state index is -0.925. The van der Waals surface area contributed by atoms with Gasteiger partial charge in [-0.05, 0) is 47.4 Å². The van der Waals surface area contributed by atoms with Gasteiger partial charge in [-0.3, -0.25) is 0 Å². The highest BCUT2D eigenvalue weighted by Crippen LogP contribution is 2.27. The van der Waals surface area contributed by atoms with E-state index in [1.165, 1.54) is 12.1 Å². The Bertz CT molecular complexity index is 1270. The topological polar surface area (TPSA) is 51.5 Å². The molecule has 0 aliphatic heterocycles. The smallest absolute Gasteiger partial charge is 0.338 e. The molecule has 1 aromatic heterocycles. The summed E-state index contributed by atoms with van der Waals surface area (Å²) in [7, 11) is 0. The van der Waals surface area contributed by atoms with Gasteiger partial charge >= 0.3 is 5.97 Å². The monoisotopic (exact) mass is 463 g/mol. The predicted molar refractivity (Wildman–Crippen MR) is 128 cm³/mol. The fraction of sp³-hybridized carbons (Fsp3) is 0.250. The molecule has 0 unspecified atom stereocenters. The van der Waals surface area contributed by atoms with Crippen LogP contribution in [0.15, 0.2) is 72.9 Å². The SMILES string of the molecule is CC(C)c1cc(F)c(Cn2cc(C[C@H](O)COC(=O)c3ccccc3)c3ccccc32)c(F)c1. The molecule has 0 aliphatic rings. The van der Waals surface area contributed by atoms with Crippen LogP contribution >= 0.6 is 0 Å². The highest BCUT2D eigenvalue weighted by atomic mass is 19.1. The van der Waals surface area contributed by atoms with Gasteiger partial charge in [-0.15, -0.1) is 0 Å².